The van der Waals surface area contributed by atoms with Gasteiger partial charge in [-0.25, -0.2) is 0 Å². The zero-order chi connectivity index (χ0) is 8.27. The first-order chi connectivity index (χ1) is 5.20. The Balaban J connectivity index is 2.35. The molecule has 0 aromatic rings. The van der Waals surface area contributed by atoms with Crippen LogP contribution in [0.2, 0.25) is 0 Å². The van der Waals surface area contributed by atoms with Crippen molar-refractivity contribution in [1.29, 1.82) is 0 Å². The summed E-state index contributed by atoms with van der Waals surface area (Å²) in [5.41, 5.74) is 0. The third-order valence-corrected chi connectivity index (χ3v) is 2.15. The number of rotatable bonds is 1. The van der Waals surface area contributed by atoms with Crippen molar-refractivity contribution in [3.63, 3.8) is 0 Å². The second-order valence-electron chi connectivity index (χ2n) is 3.19. The molecule has 1 saturated heterocycles. The van der Waals surface area contributed by atoms with E-state index < -0.39 is 0 Å². The fourth-order valence-electron chi connectivity index (χ4n) is 1.50. The number of hydrogen-bond acceptors (Lipinski definition) is 2. The quantitative estimate of drug-likeness (QED) is 0.572. The fraction of sp³-hybridized carbons (Fsp3) is 0.875. The van der Waals surface area contributed by atoms with Gasteiger partial charge >= 0.3 is 0 Å². The first-order valence-electron chi connectivity index (χ1n) is 4.20. The lowest BCUT2D eigenvalue weighted by Gasteiger charge is -2.30. The van der Waals surface area contributed by atoms with Gasteiger partial charge in [-0.15, -0.1) is 0 Å². The maximum absolute atomic E-state index is 10.7. The largest absolute Gasteiger partial charge is 0.352 e. The summed E-state index contributed by atoms with van der Waals surface area (Å²) < 4.78 is 0. The van der Waals surface area contributed by atoms with Crippen molar-refractivity contribution in [1.82, 2.24) is 10.6 Å². The van der Waals surface area contributed by atoms with E-state index in [0.29, 0.717) is 12.1 Å². The maximum atomic E-state index is 10.7. The molecule has 2 N–H and O–H groups in total. The van der Waals surface area contributed by atoms with Crippen LogP contribution in [0.4, 0.5) is 0 Å². The minimum atomic E-state index is 0.0746. The van der Waals surface area contributed by atoms with Crippen LogP contribution in [0, 0.1) is 0 Å². The molecule has 0 aromatic heterocycles. The minimum absolute atomic E-state index is 0.0746. The Morgan fingerprint density at radius 2 is 2.36 bits per heavy atom. The number of nitrogens with one attached hydrogen (secondary N) is 2. The van der Waals surface area contributed by atoms with E-state index >= 15 is 0 Å². The van der Waals surface area contributed by atoms with E-state index in [0.717, 1.165) is 19.4 Å². The van der Waals surface area contributed by atoms with Crippen LogP contribution < -0.4 is 10.6 Å². The highest BCUT2D eigenvalue weighted by Gasteiger charge is 2.20. The monoisotopic (exact) mass is 156 g/mol. The number of hydrogen-bond donors (Lipinski definition) is 2. The molecule has 0 spiro atoms. The smallest absolute Gasteiger partial charge is 0.217 e. The van der Waals surface area contributed by atoms with E-state index in [1.807, 2.05) is 0 Å². The molecule has 0 unspecified atom stereocenters. The lowest BCUT2D eigenvalue weighted by molar-refractivity contribution is -0.120. The molecule has 11 heavy (non-hydrogen) atoms. The van der Waals surface area contributed by atoms with Crippen LogP contribution in [0.3, 0.4) is 0 Å². The zero-order valence-corrected chi connectivity index (χ0v) is 7.18. The predicted octanol–water partition coefficient (Wildman–Crippen LogP) is 0.263. The molecule has 1 rings (SSSR count). The second-order valence-corrected chi connectivity index (χ2v) is 3.19. The Labute approximate surface area is 67.5 Å². The van der Waals surface area contributed by atoms with Crippen molar-refractivity contribution in [2.45, 2.75) is 38.8 Å². The lowest BCUT2D eigenvalue weighted by Crippen LogP contribution is -2.51. The number of carbonyl (C=O) groups excluding carboxylic acids is 1. The molecule has 1 heterocycles. The molecular weight excluding hydrogens is 140 g/mol. The molecule has 0 bridgehead atoms. The number of amides is 1. The van der Waals surface area contributed by atoms with Gasteiger partial charge in [-0.2, -0.15) is 0 Å². The molecule has 1 amide bonds. The van der Waals surface area contributed by atoms with E-state index in [9.17, 15) is 4.79 Å². The Morgan fingerprint density at radius 3 is 2.91 bits per heavy atom. The highest BCUT2D eigenvalue weighted by molar-refractivity contribution is 5.73. The standard InChI is InChI=1S/C8H16N2O/c1-6-8(10-7(2)11)4-3-5-9-6/h6,8-9H,3-5H2,1-2H3,(H,10,11)/t6-,8-/m0/s1. The van der Waals surface area contributed by atoms with E-state index in [-0.39, 0.29) is 5.91 Å². The number of carbonyl (C=O) groups is 1. The van der Waals surface area contributed by atoms with Crippen molar-refractivity contribution < 1.29 is 4.79 Å². The summed E-state index contributed by atoms with van der Waals surface area (Å²) in [6, 6.07) is 0.758. The van der Waals surface area contributed by atoms with Crippen LogP contribution in [-0.4, -0.2) is 24.5 Å². The van der Waals surface area contributed by atoms with Gasteiger partial charge in [0, 0.05) is 19.0 Å². The van der Waals surface area contributed by atoms with E-state index in [1.54, 1.807) is 6.92 Å². The molecule has 2 atom stereocenters. The van der Waals surface area contributed by atoms with Crippen molar-refractivity contribution >= 4 is 5.91 Å². The molecule has 3 nitrogen and oxygen atoms in total. The molecule has 64 valence electrons. The SMILES string of the molecule is CC(=O)N[C@H]1CCCN[C@H]1C. The summed E-state index contributed by atoms with van der Waals surface area (Å²) in [5, 5.41) is 6.25. The second kappa shape index (κ2) is 3.72. The summed E-state index contributed by atoms with van der Waals surface area (Å²) in [6.45, 7) is 4.76. The van der Waals surface area contributed by atoms with Crippen LogP contribution in [-0.2, 0) is 4.79 Å². The van der Waals surface area contributed by atoms with Crippen LogP contribution in [0.25, 0.3) is 0 Å². The maximum Gasteiger partial charge on any atom is 0.217 e. The van der Waals surface area contributed by atoms with Gasteiger partial charge in [0.2, 0.25) is 5.91 Å². The van der Waals surface area contributed by atoms with Gasteiger partial charge in [0.15, 0.2) is 0 Å². The minimum Gasteiger partial charge on any atom is -0.352 e. The Bertz CT molecular complexity index is 147. The third kappa shape index (κ3) is 2.50. The average molecular weight is 156 g/mol. The average Bonchev–Trinajstić information content (AvgIpc) is 1.93. The van der Waals surface area contributed by atoms with Crippen molar-refractivity contribution in [3.05, 3.63) is 0 Å². The van der Waals surface area contributed by atoms with Gasteiger partial charge < -0.3 is 10.6 Å². The summed E-state index contributed by atoms with van der Waals surface area (Å²) in [4.78, 5) is 10.7. The molecule has 0 aromatic carbocycles. The Kier molecular flexibility index (Phi) is 2.88. The topological polar surface area (TPSA) is 41.1 Å². The van der Waals surface area contributed by atoms with Crippen LogP contribution >= 0.6 is 0 Å². The third-order valence-electron chi connectivity index (χ3n) is 2.15. The van der Waals surface area contributed by atoms with E-state index in [1.165, 1.54) is 0 Å². The summed E-state index contributed by atoms with van der Waals surface area (Å²) in [5.74, 6) is 0.0746. The normalized spacial score (nSPS) is 31.5. The van der Waals surface area contributed by atoms with Crippen molar-refractivity contribution in [2.24, 2.45) is 0 Å². The molecule has 0 saturated carbocycles. The molecule has 0 aliphatic carbocycles. The molecular formula is C8H16N2O. The fourth-order valence-corrected chi connectivity index (χ4v) is 1.50. The first-order valence-corrected chi connectivity index (χ1v) is 4.20. The van der Waals surface area contributed by atoms with Crippen molar-refractivity contribution in [2.75, 3.05) is 6.54 Å². The van der Waals surface area contributed by atoms with E-state index in [2.05, 4.69) is 17.6 Å². The Morgan fingerprint density at radius 1 is 1.64 bits per heavy atom. The van der Waals surface area contributed by atoms with Gasteiger partial charge in [-0.1, -0.05) is 0 Å². The van der Waals surface area contributed by atoms with Gasteiger partial charge in [-0.3, -0.25) is 4.79 Å². The zero-order valence-electron chi connectivity index (χ0n) is 7.18. The van der Waals surface area contributed by atoms with Gasteiger partial charge in [-0.05, 0) is 26.3 Å². The van der Waals surface area contributed by atoms with Crippen LogP contribution in [0.1, 0.15) is 26.7 Å². The molecule has 3 heteroatoms. The number of piperidine rings is 1. The molecule has 1 aliphatic rings. The highest BCUT2D eigenvalue weighted by Crippen LogP contribution is 2.07. The molecule has 1 aliphatic heterocycles. The summed E-state index contributed by atoms with van der Waals surface area (Å²) >= 11 is 0. The summed E-state index contributed by atoms with van der Waals surface area (Å²) in [7, 11) is 0. The van der Waals surface area contributed by atoms with Gasteiger partial charge in [0.25, 0.3) is 0 Å². The summed E-state index contributed by atoms with van der Waals surface area (Å²) in [6.07, 6.45) is 2.27. The van der Waals surface area contributed by atoms with E-state index in [4.69, 9.17) is 0 Å². The Hall–Kier alpha value is -0.570. The van der Waals surface area contributed by atoms with Gasteiger partial charge in [0.05, 0.1) is 0 Å². The predicted molar refractivity (Wildman–Crippen MR) is 44.3 cm³/mol. The van der Waals surface area contributed by atoms with Crippen LogP contribution in [0.5, 0.6) is 0 Å². The molecule has 0 radical (unpaired) electrons. The highest BCUT2D eigenvalue weighted by atomic mass is 16.1. The molecule has 1 fully saturated rings. The lowest BCUT2D eigenvalue weighted by atomic mass is 10.00. The van der Waals surface area contributed by atoms with Crippen LogP contribution in [0.15, 0.2) is 0 Å². The first kappa shape index (κ1) is 8.53. The van der Waals surface area contributed by atoms with Gasteiger partial charge in [0.1, 0.15) is 0 Å². The van der Waals surface area contributed by atoms with Crippen molar-refractivity contribution in [3.8, 4) is 0 Å².